The van der Waals surface area contributed by atoms with Gasteiger partial charge in [-0.05, 0) is 46.3 Å². The Morgan fingerprint density at radius 2 is 2.20 bits per heavy atom. The predicted octanol–water partition coefficient (Wildman–Crippen LogP) is 3.61. The molecular weight excluding hydrogens is 338 g/mol. The maximum absolute atomic E-state index is 8.72. The van der Waals surface area contributed by atoms with Crippen LogP contribution in [0.4, 0.5) is 0 Å². The van der Waals surface area contributed by atoms with Crippen molar-refractivity contribution < 1.29 is 5.21 Å². The Kier molecular flexibility index (Phi) is 3.50. The second-order valence-electron chi connectivity index (χ2n) is 4.43. The molecular formula is C14H12BrN3OS. The fraction of sp³-hybridized carbons (Fsp3) is 0.0714. The van der Waals surface area contributed by atoms with Crippen molar-refractivity contribution >= 4 is 44.0 Å². The fourth-order valence-electron chi connectivity index (χ4n) is 2.16. The number of hydrogen-bond acceptors (Lipinski definition) is 3. The van der Waals surface area contributed by atoms with E-state index in [0.29, 0.717) is 0 Å². The standard InChI is InChI=1S/C14H12BrN3OS/c15-11-6-12(20-8-11)7-18-4-3-9-5-10(14(16)17-19)1-2-13(9)18/h1-6,8,19H,7H2,(H2,16,17). The molecule has 0 aliphatic rings. The van der Waals surface area contributed by atoms with Crippen LogP contribution in [0.5, 0.6) is 0 Å². The van der Waals surface area contributed by atoms with E-state index >= 15 is 0 Å². The van der Waals surface area contributed by atoms with E-state index in [1.54, 1.807) is 11.3 Å². The highest BCUT2D eigenvalue weighted by Gasteiger charge is 2.06. The first-order valence-electron chi connectivity index (χ1n) is 5.97. The lowest BCUT2D eigenvalue weighted by atomic mass is 10.1. The SMILES string of the molecule is N/C(=N/O)c1ccc2c(ccn2Cc2cc(Br)cs2)c1. The summed E-state index contributed by atoms with van der Waals surface area (Å²) in [5, 5.41) is 14.9. The van der Waals surface area contributed by atoms with E-state index in [2.05, 4.69) is 37.1 Å². The van der Waals surface area contributed by atoms with Gasteiger partial charge in [0.1, 0.15) is 0 Å². The molecule has 102 valence electrons. The fourth-order valence-corrected chi connectivity index (χ4v) is 3.61. The molecule has 0 aliphatic heterocycles. The zero-order chi connectivity index (χ0) is 14.1. The predicted molar refractivity (Wildman–Crippen MR) is 85.6 cm³/mol. The van der Waals surface area contributed by atoms with Crippen LogP contribution in [0.2, 0.25) is 0 Å². The van der Waals surface area contributed by atoms with Crippen LogP contribution in [0.3, 0.4) is 0 Å². The third-order valence-corrected chi connectivity index (χ3v) is 4.80. The average Bonchev–Trinajstić information content (AvgIpc) is 3.05. The Hall–Kier alpha value is -1.79. The molecule has 3 aromatic rings. The maximum Gasteiger partial charge on any atom is 0.170 e. The van der Waals surface area contributed by atoms with Crippen molar-refractivity contribution in [3.63, 3.8) is 0 Å². The number of benzene rings is 1. The number of rotatable bonds is 3. The first-order chi connectivity index (χ1) is 9.67. The minimum absolute atomic E-state index is 0.127. The molecule has 0 aliphatic carbocycles. The average molecular weight is 350 g/mol. The van der Waals surface area contributed by atoms with Crippen LogP contribution >= 0.6 is 27.3 Å². The van der Waals surface area contributed by atoms with Crippen LogP contribution in [-0.4, -0.2) is 15.6 Å². The number of oxime groups is 1. The van der Waals surface area contributed by atoms with Gasteiger partial charge in [0.25, 0.3) is 0 Å². The molecule has 0 amide bonds. The van der Waals surface area contributed by atoms with E-state index in [1.165, 1.54) is 4.88 Å². The minimum atomic E-state index is 0.127. The molecule has 0 atom stereocenters. The Balaban J connectivity index is 1.97. The molecule has 0 saturated carbocycles. The van der Waals surface area contributed by atoms with Gasteiger partial charge in [-0.2, -0.15) is 0 Å². The monoisotopic (exact) mass is 349 g/mol. The largest absolute Gasteiger partial charge is 0.409 e. The number of fused-ring (bicyclic) bond motifs is 1. The first-order valence-corrected chi connectivity index (χ1v) is 7.64. The third kappa shape index (κ3) is 2.44. The lowest BCUT2D eigenvalue weighted by Gasteiger charge is -2.04. The first kappa shape index (κ1) is 13.2. The molecule has 0 saturated heterocycles. The molecule has 0 unspecified atom stereocenters. The Morgan fingerprint density at radius 3 is 2.90 bits per heavy atom. The highest BCUT2D eigenvalue weighted by atomic mass is 79.9. The second kappa shape index (κ2) is 5.30. The van der Waals surface area contributed by atoms with Gasteiger partial charge in [-0.25, -0.2) is 0 Å². The number of hydrogen-bond donors (Lipinski definition) is 2. The van der Waals surface area contributed by atoms with Crippen LogP contribution < -0.4 is 5.73 Å². The lowest BCUT2D eigenvalue weighted by Crippen LogP contribution is -2.12. The normalized spacial score (nSPS) is 12.2. The second-order valence-corrected chi connectivity index (χ2v) is 6.35. The van der Waals surface area contributed by atoms with Gasteiger partial charge < -0.3 is 15.5 Å². The van der Waals surface area contributed by atoms with Crippen molar-refractivity contribution in [3.8, 4) is 0 Å². The molecule has 1 aromatic carbocycles. The molecule has 2 heterocycles. The van der Waals surface area contributed by atoms with E-state index in [-0.39, 0.29) is 5.84 Å². The maximum atomic E-state index is 8.72. The highest BCUT2D eigenvalue weighted by Crippen LogP contribution is 2.23. The molecule has 0 fully saturated rings. The van der Waals surface area contributed by atoms with Crippen molar-refractivity contribution in [1.29, 1.82) is 0 Å². The van der Waals surface area contributed by atoms with E-state index in [9.17, 15) is 0 Å². The zero-order valence-corrected chi connectivity index (χ0v) is 12.9. The van der Waals surface area contributed by atoms with Gasteiger partial charge in [0.05, 0.1) is 6.54 Å². The number of nitrogens with zero attached hydrogens (tertiary/aromatic N) is 2. The number of amidine groups is 1. The molecule has 3 N–H and O–H groups in total. The number of thiophene rings is 1. The molecule has 3 rings (SSSR count). The third-order valence-electron chi connectivity index (χ3n) is 3.12. The summed E-state index contributed by atoms with van der Waals surface area (Å²) in [5.74, 6) is 0.127. The summed E-state index contributed by atoms with van der Waals surface area (Å²) in [6.07, 6.45) is 2.05. The van der Waals surface area contributed by atoms with Gasteiger partial charge in [-0.1, -0.05) is 5.16 Å². The van der Waals surface area contributed by atoms with Crippen molar-refractivity contribution in [2.75, 3.05) is 0 Å². The van der Waals surface area contributed by atoms with Crippen molar-refractivity contribution in [3.05, 3.63) is 56.8 Å². The Morgan fingerprint density at radius 1 is 1.35 bits per heavy atom. The lowest BCUT2D eigenvalue weighted by molar-refractivity contribution is 0.318. The Labute approximate surface area is 128 Å². The Bertz CT molecular complexity index is 791. The molecule has 6 heteroatoms. The van der Waals surface area contributed by atoms with Crippen LogP contribution in [0.25, 0.3) is 10.9 Å². The smallest absolute Gasteiger partial charge is 0.170 e. The molecule has 2 aromatic heterocycles. The molecule has 20 heavy (non-hydrogen) atoms. The van der Waals surface area contributed by atoms with Gasteiger partial charge in [0.2, 0.25) is 0 Å². The van der Waals surface area contributed by atoms with Crippen molar-refractivity contribution in [1.82, 2.24) is 4.57 Å². The van der Waals surface area contributed by atoms with Crippen molar-refractivity contribution in [2.24, 2.45) is 10.9 Å². The summed E-state index contributed by atoms with van der Waals surface area (Å²) < 4.78 is 3.30. The van der Waals surface area contributed by atoms with Gasteiger partial charge in [-0.3, -0.25) is 0 Å². The van der Waals surface area contributed by atoms with Gasteiger partial charge >= 0.3 is 0 Å². The molecule has 0 bridgehead atoms. The van der Waals surface area contributed by atoms with Gasteiger partial charge in [0.15, 0.2) is 5.84 Å². The van der Waals surface area contributed by atoms with Crippen LogP contribution in [0.15, 0.2) is 51.5 Å². The summed E-state index contributed by atoms with van der Waals surface area (Å²) >= 11 is 5.20. The topological polar surface area (TPSA) is 63.5 Å². The number of halogens is 1. The summed E-state index contributed by atoms with van der Waals surface area (Å²) in [5.41, 5.74) is 7.46. The summed E-state index contributed by atoms with van der Waals surface area (Å²) in [6.45, 7) is 0.836. The summed E-state index contributed by atoms with van der Waals surface area (Å²) in [4.78, 5) is 1.29. The van der Waals surface area contributed by atoms with Crippen molar-refractivity contribution in [2.45, 2.75) is 6.54 Å². The molecule has 0 radical (unpaired) electrons. The van der Waals surface area contributed by atoms with Crippen LogP contribution in [-0.2, 0) is 6.54 Å². The summed E-state index contributed by atoms with van der Waals surface area (Å²) in [7, 11) is 0. The minimum Gasteiger partial charge on any atom is -0.409 e. The zero-order valence-electron chi connectivity index (χ0n) is 10.5. The van der Waals surface area contributed by atoms with Gasteiger partial charge in [0, 0.05) is 37.4 Å². The van der Waals surface area contributed by atoms with E-state index in [4.69, 9.17) is 10.9 Å². The van der Waals surface area contributed by atoms with E-state index in [1.807, 2.05) is 30.5 Å². The number of nitrogens with two attached hydrogens (primary N) is 1. The van der Waals surface area contributed by atoms with E-state index < -0.39 is 0 Å². The number of aromatic nitrogens is 1. The van der Waals surface area contributed by atoms with Gasteiger partial charge in [-0.15, -0.1) is 11.3 Å². The highest BCUT2D eigenvalue weighted by molar-refractivity contribution is 9.10. The quantitative estimate of drug-likeness (QED) is 0.328. The summed E-state index contributed by atoms with van der Waals surface area (Å²) in [6, 6.07) is 9.93. The molecule has 4 nitrogen and oxygen atoms in total. The van der Waals surface area contributed by atoms with Crippen LogP contribution in [0, 0.1) is 0 Å². The van der Waals surface area contributed by atoms with Crippen LogP contribution in [0.1, 0.15) is 10.4 Å². The molecule has 0 spiro atoms. The van der Waals surface area contributed by atoms with E-state index in [0.717, 1.165) is 27.5 Å².